The summed E-state index contributed by atoms with van der Waals surface area (Å²) in [5.41, 5.74) is 1.04. The summed E-state index contributed by atoms with van der Waals surface area (Å²) < 4.78 is 37.9. The van der Waals surface area contributed by atoms with Crippen molar-refractivity contribution in [2.75, 3.05) is 38.7 Å². The number of nitro benzene ring substituents is 1. The number of rotatable bonds is 7. The van der Waals surface area contributed by atoms with Crippen LogP contribution in [0.25, 0.3) is 0 Å². The van der Waals surface area contributed by atoms with Gasteiger partial charge in [0.2, 0.25) is 15.9 Å². The number of carbonyl (C=O) groups is 1. The molecule has 3 rings (SSSR count). The summed E-state index contributed by atoms with van der Waals surface area (Å²) >= 11 is 0. The molecule has 0 atom stereocenters. The summed E-state index contributed by atoms with van der Waals surface area (Å²) in [5.74, 6) is -0.242. The summed E-state index contributed by atoms with van der Waals surface area (Å²) in [5, 5.41) is 13.7. The van der Waals surface area contributed by atoms with Gasteiger partial charge >= 0.3 is 0 Å². The van der Waals surface area contributed by atoms with Crippen molar-refractivity contribution in [2.45, 2.75) is 18.2 Å². The molecule has 10 nitrogen and oxygen atoms in total. The van der Waals surface area contributed by atoms with Crippen LogP contribution in [0, 0.1) is 17.0 Å². The molecule has 0 unspecified atom stereocenters. The highest BCUT2D eigenvalue weighted by Gasteiger charge is 2.29. The van der Waals surface area contributed by atoms with E-state index in [0.717, 1.165) is 0 Å². The predicted octanol–water partition coefficient (Wildman–Crippen LogP) is 2.11. The number of anilines is 1. The average Bonchev–Trinajstić information content (AvgIpc) is 2.75. The molecule has 1 fully saturated rings. The number of benzene rings is 2. The van der Waals surface area contributed by atoms with Crippen molar-refractivity contribution >= 4 is 27.3 Å². The molecular weight excluding hydrogens is 426 g/mol. The van der Waals surface area contributed by atoms with Crippen molar-refractivity contribution in [1.82, 2.24) is 4.31 Å². The monoisotopic (exact) mass is 449 g/mol. The van der Waals surface area contributed by atoms with Gasteiger partial charge < -0.3 is 14.8 Å². The lowest BCUT2D eigenvalue weighted by Gasteiger charge is -2.26. The Morgan fingerprint density at radius 3 is 2.61 bits per heavy atom. The van der Waals surface area contributed by atoms with Gasteiger partial charge in [0.1, 0.15) is 10.6 Å². The molecular formula is C20H23N3O7S. The lowest BCUT2D eigenvalue weighted by atomic mass is 10.1. The van der Waals surface area contributed by atoms with Crippen LogP contribution in [0.5, 0.6) is 5.75 Å². The second-order valence-corrected chi connectivity index (χ2v) is 8.84. The maximum atomic E-state index is 13.1. The standard InChI is InChI=1S/C20H23N3O7S/c1-14-16(4-3-5-17(14)23(25)26)21-20(24)13-15-6-7-18(29-2)19(12-15)31(27,28)22-8-10-30-11-9-22/h3-7,12H,8-11,13H2,1-2H3,(H,21,24). The van der Waals surface area contributed by atoms with Gasteiger partial charge in [-0.1, -0.05) is 12.1 Å². The van der Waals surface area contributed by atoms with Crippen LogP contribution in [0.1, 0.15) is 11.1 Å². The molecule has 0 aromatic heterocycles. The van der Waals surface area contributed by atoms with E-state index in [4.69, 9.17) is 9.47 Å². The number of methoxy groups -OCH3 is 1. The summed E-state index contributed by atoms with van der Waals surface area (Å²) in [6.45, 7) is 2.65. The molecule has 1 heterocycles. The molecule has 0 radical (unpaired) electrons. The Labute approximate surface area is 180 Å². The molecule has 1 N–H and O–H groups in total. The second-order valence-electron chi connectivity index (χ2n) is 6.93. The van der Waals surface area contributed by atoms with Gasteiger partial charge in [0.05, 0.1) is 42.9 Å². The number of nitrogens with one attached hydrogen (secondary N) is 1. The third kappa shape index (κ3) is 5.01. The number of nitro groups is 1. The second kappa shape index (κ2) is 9.41. The third-order valence-corrected chi connectivity index (χ3v) is 6.88. The van der Waals surface area contributed by atoms with Crippen LogP contribution >= 0.6 is 0 Å². The van der Waals surface area contributed by atoms with E-state index in [1.54, 1.807) is 19.1 Å². The summed E-state index contributed by atoms with van der Waals surface area (Å²) in [6, 6.07) is 8.95. The van der Waals surface area contributed by atoms with Crippen LogP contribution in [0.3, 0.4) is 0 Å². The minimum atomic E-state index is -3.82. The van der Waals surface area contributed by atoms with Gasteiger partial charge in [-0.05, 0) is 30.7 Å². The zero-order valence-electron chi connectivity index (χ0n) is 17.2. The fraction of sp³-hybridized carbons (Fsp3) is 0.350. The fourth-order valence-electron chi connectivity index (χ4n) is 3.30. The number of amides is 1. The first-order valence-corrected chi connectivity index (χ1v) is 11.0. The molecule has 2 aromatic carbocycles. The number of morpholine rings is 1. The van der Waals surface area contributed by atoms with E-state index >= 15 is 0 Å². The van der Waals surface area contributed by atoms with E-state index in [2.05, 4.69) is 5.32 Å². The Hall–Kier alpha value is -3.02. The molecule has 166 valence electrons. The van der Waals surface area contributed by atoms with Crippen LogP contribution < -0.4 is 10.1 Å². The van der Waals surface area contributed by atoms with E-state index in [0.29, 0.717) is 30.0 Å². The molecule has 1 saturated heterocycles. The number of hydrogen-bond acceptors (Lipinski definition) is 7. The van der Waals surface area contributed by atoms with Gasteiger partial charge in [-0.15, -0.1) is 0 Å². The molecule has 31 heavy (non-hydrogen) atoms. The zero-order chi connectivity index (χ0) is 22.6. The van der Waals surface area contributed by atoms with Crippen molar-refractivity contribution < 1.29 is 27.6 Å². The molecule has 1 aliphatic rings. The van der Waals surface area contributed by atoms with Gasteiger partial charge in [0, 0.05) is 19.2 Å². The van der Waals surface area contributed by atoms with Crippen molar-refractivity contribution in [2.24, 2.45) is 0 Å². The van der Waals surface area contributed by atoms with E-state index in [1.807, 2.05) is 0 Å². The summed E-state index contributed by atoms with van der Waals surface area (Å²) in [7, 11) is -2.44. The van der Waals surface area contributed by atoms with E-state index < -0.39 is 20.9 Å². The highest BCUT2D eigenvalue weighted by Crippen LogP contribution is 2.29. The molecule has 0 bridgehead atoms. The Kier molecular flexibility index (Phi) is 6.88. The summed E-state index contributed by atoms with van der Waals surface area (Å²) in [4.78, 5) is 23.1. The fourth-order valence-corrected chi connectivity index (χ4v) is 4.91. The van der Waals surface area contributed by atoms with E-state index in [-0.39, 0.29) is 35.8 Å². The number of hydrogen-bond donors (Lipinski definition) is 1. The minimum Gasteiger partial charge on any atom is -0.495 e. The highest BCUT2D eigenvalue weighted by molar-refractivity contribution is 7.89. The Bertz CT molecular complexity index is 1100. The van der Waals surface area contributed by atoms with Gasteiger partial charge in [0.25, 0.3) is 5.69 Å². The SMILES string of the molecule is COc1ccc(CC(=O)Nc2cccc([N+](=O)[O-])c2C)cc1S(=O)(=O)N1CCOCC1. The molecule has 0 aliphatic carbocycles. The number of ether oxygens (including phenoxy) is 2. The third-order valence-electron chi connectivity index (χ3n) is 4.96. The topological polar surface area (TPSA) is 128 Å². The maximum absolute atomic E-state index is 13.1. The minimum absolute atomic E-state index is 0.0197. The van der Waals surface area contributed by atoms with Gasteiger partial charge in [-0.2, -0.15) is 4.31 Å². The van der Waals surface area contributed by atoms with Crippen molar-refractivity contribution in [3.8, 4) is 5.75 Å². The van der Waals surface area contributed by atoms with Gasteiger partial charge in [-0.3, -0.25) is 14.9 Å². The van der Waals surface area contributed by atoms with Crippen molar-refractivity contribution in [3.05, 3.63) is 57.6 Å². The Morgan fingerprint density at radius 1 is 1.26 bits per heavy atom. The molecule has 0 spiro atoms. The Morgan fingerprint density at radius 2 is 1.97 bits per heavy atom. The molecule has 2 aromatic rings. The van der Waals surface area contributed by atoms with Crippen molar-refractivity contribution in [3.63, 3.8) is 0 Å². The number of nitrogens with zero attached hydrogens (tertiary/aromatic N) is 2. The number of carbonyl (C=O) groups excluding carboxylic acids is 1. The smallest absolute Gasteiger partial charge is 0.274 e. The van der Waals surface area contributed by atoms with Gasteiger partial charge in [0.15, 0.2) is 0 Å². The van der Waals surface area contributed by atoms with Crippen molar-refractivity contribution in [1.29, 1.82) is 0 Å². The molecule has 0 saturated carbocycles. The lowest BCUT2D eigenvalue weighted by Crippen LogP contribution is -2.40. The zero-order valence-corrected chi connectivity index (χ0v) is 18.0. The Balaban J connectivity index is 1.83. The van der Waals surface area contributed by atoms with Crippen LogP contribution in [0.4, 0.5) is 11.4 Å². The quantitative estimate of drug-likeness (QED) is 0.506. The first-order valence-electron chi connectivity index (χ1n) is 9.52. The molecule has 11 heteroatoms. The lowest BCUT2D eigenvalue weighted by molar-refractivity contribution is -0.385. The highest BCUT2D eigenvalue weighted by atomic mass is 32.2. The summed E-state index contributed by atoms with van der Waals surface area (Å²) in [6.07, 6.45) is -0.113. The molecule has 1 amide bonds. The van der Waals surface area contributed by atoms with E-state index in [1.165, 1.54) is 35.7 Å². The van der Waals surface area contributed by atoms with Crippen LogP contribution in [-0.2, 0) is 26.0 Å². The number of sulfonamides is 1. The first-order chi connectivity index (χ1) is 14.7. The molecule has 1 aliphatic heterocycles. The largest absolute Gasteiger partial charge is 0.495 e. The van der Waals surface area contributed by atoms with Gasteiger partial charge in [-0.25, -0.2) is 8.42 Å². The van der Waals surface area contributed by atoms with Crippen LogP contribution in [0.2, 0.25) is 0 Å². The van der Waals surface area contributed by atoms with Crippen LogP contribution in [0.15, 0.2) is 41.3 Å². The first kappa shape index (κ1) is 22.7. The normalized spacial score (nSPS) is 14.8. The maximum Gasteiger partial charge on any atom is 0.274 e. The predicted molar refractivity (Wildman–Crippen MR) is 113 cm³/mol. The van der Waals surface area contributed by atoms with Crippen LogP contribution in [-0.4, -0.2) is 57.0 Å². The van der Waals surface area contributed by atoms with E-state index in [9.17, 15) is 23.3 Å². The average molecular weight is 449 g/mol.